The van der Waals surface area contributed by atoms with Crippen LogP contribution in [0.3, 0.4) is 0 Å². The Bertz CT molecular complexity index is 346. The van der Waals surface area contributed by atoms with Crippen molar-refractivity contribution < 1.29 is 19.4 Å². The van der Waals surface area contributed by atoms with E-state index in [4.69, 9.17) is 15.6 Å². The number of nitrogens with one attached hydrogen (secondary N) is 1. The summed E-state index contributed by atoms with van der Waals surface area (Å²) in [6, 6.07) is -0.486. The second-order valence-electron chi connectivity index (χ2n) is 6.59. The van der Waals surface area contributed by atoms with Crippen molar-refractivity contribution in [3.8, 4) is 0 Å². The minimum absolute atomic E-state index is 0.363. The van der Waals surface area contributed by atoms with Crippen LogP contribution in [0.4, 0.5) is 4.79 Å². The number of hydrogen-bond donors (Lipinski definition) is 3. The van der Waals surface area contributed by atoms with Gasteiger partial charge in [-0.25, -0.2) is 4.79 Å². The zero-order valence-corrected chi connectivity index (χ0v) is 12.5. The summed E-state index contributed by atoms with van der Waals surface area (Å²) in [5.74, 6) is -0.568. The van der Waals surface area contributed by atoms with E-state index in [0.29, 0.717) is 25.6 Å². The fraction of sp³-hybridized carbons (Fsp3) is 0.857. The molecule has 1 rings (SSSR count). The Balaban J connectivity index is 2.83. The zero-order valence-electron chi connectivity index (χ0n) is 12.5. The van der Waals surface area contributed by atoms with Crippen LogP contribution >= 0.6 is 0 Å². The minimum Gasteiger partial charge on any atom is -0.465 e. The number of rotatable bonds is 5. The van der Waals surface area contributed by atoms with E-state index in [-0.39, 0.29) is 5.41 Å². The van der Waals surface area contributed by atoms with Crippen LogP contribution in [-0.2, 0) is 9.53 Å². The lowest BCUT2D eigenvalue weighted by Crippen LogP contribution is -2.52. The van der Waals surface area contributed by atoms with Crippen molar-refractivity contribution in [2.45, 2.75) is 46.1 Å². The van der Waals surface area contributed by atoms with E-state index in [0.717, 1.165) is 12.8 Å². The normalized spacial score (nSPS) is 20.1. The average molecular weight is 286 g/mol. The summed E-state index contributed by atoms with van der Waals surface area (Å²) < 4.78 is 5.31. The molecule has 1 saturated heterocycles. The van der Waals surface area contributed by atoms with Crippen molar-refractivity contribution >= 4 is 12.0 Å². The minimum atomic E-state index is -1.12. The Hall–Kier alpha value is -1.30. The maximum absolute atomic E-state index is 11.8. The van der Waals surface area contributed by atoms with Crippen molar-refractivity contribution in [3.05, 3.63) is 0 Å². The number of nitrogens with two attached hydrogens (primary N) is 1. The highest BCUT2D eigenvalue weighted by molar-refractivity contribution is 5.78. The van der Waals surface area contributed by atoms with Crippen LogP contribution < -0.4 is 11.1 Å². The molecule has 0 aromatic carbocycles. The number of carbonyl (C=O) groups is 2. The summed E-state index contributed by atoms with van der Waals surface area (Å²) in [6.45, 7) is 7.12. The molecule has 0 radical (unpaired) electrons. The summed E-state index contributed by atoms with van der Waals surface area (Å²) in [4.78, 5) is 22.8. The smallest absolute Gasteiger partial charge is 0.404 e. The number of carbonyl (C=O) groups excluding carboxylic acids is 1. The van der Waals surface area contributed by atoms with E-state index < -0.39 is 24.0 Å². The Labute approximate surface area is 120 Å². The second-order valence-corrected chi connectivity index (χ2v) is 6.59. The fourth-order valence-electron chi connectivity index (χ4n) is 2.81. The van der Waals surface area contributed by atoms with Crippen LogP contribution in [-0.4, -0.2) is 36.4 Å². The van der Waals surface area contributed by atoms with Crippen molar-refractivity contribution in [1.29, 1.82) is 0 Å². The Morgan fingerprint density at radius 3 is 2.30 bits per heavy atom. The summed E-state index contributed by atoms with van der Waals surface area (Å²) in [5, 5.41) is 11.5. The first-order valence-electron chi connectivity index (χ1n) is 7.08. The highest BCUT2D eigenvalue weighted by atomic mass is 16.5. The molecule has 1 fully saturated rings. The quantitative estimate of drug-likeness (QED) is 0.714. The largest absolute Gasteiger partial charge is 0.465 e. The highest BCUT2D eigenvalue weighted by Gasteiger charge is 2.38. The first-order valence-corrected chi connectivity index (χ1v) is 7.08. The molecular weight excluding hydrogens is 260 g/mol. The molecule has 6 nitrogen and oxygen atoms in total. The summed E-state index contributed by atoms with van der Waals surface area (Å²) in [6.07, 6.45) is 1.28. The maximum atomic E-state index is 11.8. The zero-order chi connectivity index (χ0) is 15.3. The molecule has 0 spiro atoms. The lowest BCUT2D eigenvalue weighted by Gasteiger charge is -2.37. The number of amides is 2. The average Bonchev–Trinajstić information content (AvgIpc) is 2.33. The van der Waals surface area contributed by atoms with E-state index in [1.54, 1.807) is 0 Å². The van der Waals surface area contributed by atoms with Gasteiger partial charge in [-0.15, -0.1) is 0 Å². The molecule has 0 aromatic rings. The van der Waals surface area contributed by atoms with Crippen LogP contribution in [0.25, 0.3) is 0 Å². The number of carboxylic acid groups (broad SMARTS) is 1. The van der Waals surface area contributed by atoms with Gasteiger partial charge in [0, 0.05) is 19.3 Å². The van der Waals surface area contributed by atoms with Gasteiger partial charge in [-0.2, -0.15) is 0 Å². The van der Waals surface area contributed by atoms with Crippen LogP contribution in [0.5, 0.6) is 0 Å². The van der Waals surface area contributed by atoms with Gasteiger partial charge < -0.3 is 20.9 Å². The molecule has 2 amide bonds. The highest BCUT2D eigenvalue weighted by Crippen LogP contribution is 2.32. The molecule has 0 bridgehead atoms. The summed E-state index contributed by atoms with van der Waals surface area (Å²) >= 11 is 0. The summed E-state index contributed by atoms with van der Waals surface area (Å²) in [5.41, 5.74) is 5.15. The Morgan fingerprint density at radius 1 is 1.35 bits per heavy atom. The first-order chi connectivity index (χ1) is 9.21. The SMILES string of the molecule is CC(C)(C)C(NC(=O)O)[C@H](CC1CCOCC1)C(N)=O. The van der Waals surface area contributed by atoms with Crippen molar-refractivity contribution in [2.75, 3.05) is 13.2 Å². The molecule has 0 aliphatic carbocycles. The van der Waals surface area contributed by atoms with E-state index >= 15 is 0 Å². The third-order valence-electron chi connectivity index (χ3n) is 3.91. The fourth-order valence-corrected chi connectivity index (χ4v) is 2.81. The lowest BCUT2D eigenvalue weighted by atomic mass is 9.74. The van der Waals surface area contributed by atoms with E-state index in [1.807, 2.05) is 20.8 Å². The van der Waals surface area contributed by atoms with Gasteiger partial charge in [-0.05, 0) is 30.6 Å². The van der Waals surface area contributed by atoms with Gasteiger partial charge in [-0.1, -0.05) is 20.8 Å². The molecular formula is C14H26N2O4. The Kier molecular flexibility index (Phi) is 5.80. The molecule has 1 heterocycles. The molecule has 0 saturated carbocycles. The molecule has 4 N–H and O–H groups in total. The first kappa shape index (κ1) is 16.8. The molecule has 0 aromatic heterocycles. The number of ether oxygens (including phenoxy) is 1. The second kappa shape index (κ2) is 6.92. The van der Waals surface area contributed by atoms with Crippen LogP contribution in [0.2, 0.25) is 0 Å². The van der Waals surface area contributed by atoms with Gasteiger partial charge in [0.15, 0.2) is 0 Å². The number of hydrogen-bond acceptors (Lipinski definition) is 3. The van der Waals surface area contributed by atoms with E-state index in [2.05, 4.69) is 5.32 Å². The molecule has 1 unspecified atom stereocenters. The monoisotopic (exact) mass is 286 g/mol. The van der Waals surface area contributed by atoms with Crippen LogP contribution in [0, 0.1) is 17.3 Å². The van der Waals surface area contributed by atoms with Gasteiger partial charge in [0.05, 0.1) is 5.92 Å². The lowest BCUT2D eigenvalue weighted by molar-refractivity contribution is -0.124. The van der Waals surface area contributed by atoms with Gasteiger partial charge in [0.2, 0.25) is 5.91 Å². The molecule has 6 heteroatoms. The van der Waals surface area contributed by atoms with Crippen LogP contribution in [0.15, 0.2) is 0 Å². The molecule has 2 atom stereocenters. The van der Waals surface area contributed by atoms with E-state index in [1.165, 1.54) is 0 Å². The van der Waals surface area contributed by atoms with Gasteiger partial charge in [0.25, 0.3) is 0 Å². The maximum Gasteiger partial charge on any atom is 0.404 e. The standard InChI is InChI=1S/C14H26N2O4/c1-14(2,3)11(16-13(18)19)10(12(15)17)8-9-4-6-20-7-5-9/h9-11,16H,4-8H2,1-3H3,(H2,15,17)(H,18,19)/t10-,11?/m0/s1. The Morgan fingerprint density at radius 2 is 1.90 bits per heavy atom. The van der Waals surface area contributed by atoms with Gasteiger partial charge >= 0.3 is 6.09 Å². The van der Waals surface area contributed by atoms with Gasteiger partial charge in [-0.3, -0.25) is 4.79 Å². The molecule has 1 aliphatic heterocycles. The third kappa shape index (κ3) is 5.00. The molecule has 20 heavy (non-hydrogen) atoms. The topological polar surface area (TPSA) is 102 Å². The van der Waals surface area contributed by atoms with Crippen molar-refractivity contribution in [2.24, 2.45) is 23.0 Å². The van der Waals surface area contributed by atoms with Crippen LogP contribution in [0.1, 0.15) is 40.0 Å². The van der Waals surface area contributed by atoms with Gasteiger partial charge in [0.1, 0.15) is 0 Å². The molecule has 1 aliphatic rings. The summed E-state index contributed by atoms with van der Waals surface area (Å²) in [7, 11) is 0. The number of primary amides is 1. The third-order valence-corrected chi connectivity index (χ3v) is 3.91. The van der Waals surface area contributed by atoms with E-state index in [9.17, 15) is 9.59 Å². The van der Waals surface area contributed by atoms with Crippen molar-refractivity contribution in [1.82, 2.24) is 5.32 Å². The van der Waals surface area contributed by atoms with Crippen molar-refractivity contribution in [3.63, 3.8) is 0 Å². The predicted octanol–water partition coefficient (Wildman–Crippen LogP) is 1.59. The molecule has 116 valence electrons. The predicted molar refractivity (Wildman–Crippen MR) is 75.2 cm³/mol.